The van der Waals surface area contributed by atoms with Crippen LogP contribution in [0.15, 0.2) is 237 Å². The third-order valence-corrected chi connectivity index (χ3v) is 14.8. The van der Waals surface area contributed by atoms with E-state index >= 15 is 0 Å². The highest BCUT2D eigenvalue weighted by molar-refractivity contribution is 7.27. The lowest BCUT2D eigenvalue weighted by Crippen LogP contribution is -2.28. The number of nitrogens with zero attached hydrogens (tertiary/aromatic N) is 1. The number of aromatic nitrogens is 1. The average molecular weight is 833 g/mol. The Labute approximate surface area is 376 Å². The van der Waals surface area contributed by atoms with Gasteiger partial charge in [0.25, 0.3) is 0 Å². The van der Waals surface area contributed by atoms with Gasteiger partial charge in [0.05, 0.1) is 5.41 Å². The molecule has 1 N–H and O–H groups in total. The van der Waals surface area contributed by atoms with Crippen molar-refractivity contribution in [1.82, 2.24) is 4.98 Å². The van der Waals surface area contributed by atoms with Crippen LogP contribution in [0.5, 0.6) is 0 Å². The molecule has 1 aliphatic rings. The molecule has 300 valence electrons. The van der Waals surface area contributed by atoms with Gasteiger partial charge in [-0.15, -0.1) is 11.3 Å². The molecular weight excluding hydrogens is 793 g/mol. The number of nitrogens with one attached hydrogen (secondary N) is 1. The van der Waals surface area contributed by atoms with E-state index in [1.54, 1.807) is 0 Å². The van der Waals surface area contributed by atoms with Crippen molar-refractivity contribution < 1.29 is 0 Å². The van der Waals surface area contributed by atoms with Crippen molar-refractivity contribution in [3.05, 3.63) is 259 Å². The predicted molar refractivity (Wildman–Crippen MR) is 272 cm³/mol. The summed E-state index contributed by atoms with van der Waals surface area (Å²) in [6.45, 7) is 0. The maximum atomic E-state index is 3.66. The average Bonchev–Trinajstić information content (AvgIpc) is 4.04. The van der Waals surface area contributed by atoms with E-state index < -0.39 is 5.41 Å². The summed E-state index contributed by atoms with van der Waals surface area (Å²) >= 11 is 1.91. The number of hydrogen-bond donors (Lipinski definition) is 1. The highest BCUT2D eigenvalue weighted by Crippen LogP contribution is 2.57. The summed E-state index contributed by atoms with van der Waals surface area (Å²) in [6, 6.07) is 87.1. The third-order valence-electron chi connectivity index (χ3n) is 13.5. The topological polar surface area (TPSA) is 19.0 Å². The van der Waals surface area contributed by atoms with E-state index in [9.17, 15) is 0 Å². The maximum Gasteiger partial charge on any atom is 0.0714 e. The highest BCUT2D eigenvalue weighted by Gasteiger charge is 2.46. The zero-order valence-corrected chi connectivity index (χ0v) is 35.7. The van der Waals surface area contributed by atoms with Crippen molar-refractivity contribution >= 4 is 70.4 Å². The monoisotopic (exact) mass is 832 g/mol. The lowest BCUT2D eigenvalue weighted by Gasteiger charge is -2.35. The molecule has 0 unspecified atom stereocenters. The second-order valence-corrected chi connectivity index (χ2v) is 17.9. The Kier molecular flexibility index (Phi) is 8.34. The van der Waals surface area contributed by atoms with Crippen molar-refractivity contribution in [3.8, 4) is 33.4 Å². The second kappa shape index (κ2) is 14.6. The number of rotatable bonds is 7. The first kappa shape index (κ1) is 36.7. The molecule has 12 aromatic rings. The number of benzene rings is 10. The van der Waals surface area contributed by atoms with E-state index in [1.807, 2.05) is 11.3 Å². The lowest BCUT2D eigenvalue weighted by molar-refractivity contribution is 0.768. The predicted octanol–water partition coefficient (Wildman–Crippen LogP) is 16.9. The highest BCUT2D eigenvalue weighted by atomic mass is 32.1. The van der Waals surface area contributed by atoms with Crippen molar-refractivity contribution in [1.29, 1.82) is 0 Å². The molecule has 0 aliphatic heterocycles. The summed E-state index contributed by atoms with van der Waals surface area (Å²) in [4.78, 5) is 6.08. The number of H-pyrrole nitrogens is 1. The van der Waals surface area contributed by atoms with Gasteiger partial charge in [-0.1, -0.05) is 188 Å². The molecule has 64 heavy (non-hydrogen) atoms. The molecule has 2 aromatic heterocycles. The normalized spacial score (nSPS) is 12.8. The Morgan fingerprint density at radius 1 is 0.344 bits per heavy atom. The smallest absolute Gasteiger partial charge is 0.0714 e. The van der Waals surface area contributed by atoms with Crippen molar-refractivity contribution in [3.63, 3.8) is 0 Å². The van der Waals surface area contributed by atoms with Gasteiger partial charge in [0, 0.05) is 59.0 Å². The molecule has 0 saturated heterocycles. The SMILES string of the molecule is c1ccc(-c2ccc(N(c3ccc(-c4cccc5c4sc4c5ccc5[nH]c6ccccc6c54)cc3)c3ccc4c(c3)C(c3ccccc3)(c3ccccc3)c3ccccc3-4)cc2)cc1. The molecule has 10 aromatic carbocycles. The van der Waals surface area contributed by atoms with Crippen LogP contribution in [0.2, 0.25) is 0 Å². The lowest BCUT2D eigenvalue weighted by atomic mass is 9.67. The minimum atomic E-state index is -0.502. The Morgan fingerprint density at radius 2 is 0.891 bits per heavy atom. The van der Waals surface area contributed by atoms with Gasteiger partial charge >= 0.3 is 0 Å². The summed E-state index contributed by atoms with van der Waals surface area (Å²) < 4.78 is 2.65. The van der Waals surface area contributed by atoms with Crippen LogP contribution in [0.4, 0.5) is 17.1 Å². The van der Waals surface area contributed by atoms with Crippen LogP contribution in [0.1, 0.15) is 22.3 Å². The molecule has 0 fully saturated rings. The Morgan fingerprint density at radius 3 is 1.62 bits per heavy atom. The molecule has 3 heteroatoms. The van der Waals surface area contributed by atoms with E-state index in [0.29, 0.717) is 0 Å². The zero-order chi connectivity index (χ0) is 42.2. The first-order valence-corrected chi connectivity index (χ1v) is 22.8. The van der Waals surface area contributed by atoms with Gasteiger partial charge in [0.15, 0.2) is 0 Å². The molecule has 0 spiro atoms. The zero-order valence-electron chi connectivity index (χ0n) is 34.9. The minimum absolute atomic E-state index is 0.502. The number of para-hydroxylation sites is 1. The number of hydrogen-bond acceptors (Lipinski definition) is 2. The van der Waals surface area contributed by atoms with Gasteiger partial charge in [0.2, 0.25) is 0 Å². The first-order valence-electron chi connectivity index (χ1n) is 22.0. The number of anilines is 3. The molecule has 2 nitrogen and oxygen atoms in total. The van der Waals surface area contributed by atoms with E-state index in [0.717, 1.165) is 17.1 Å². The van der Waals surface area contributed by atoms with Crippen LogP contribution in [0.3, 0.4) is 0 Å². The van der Waals surface area contributed by atoms with Crippen LogP contribution in [-0.2, 0) is 5.41 Å². The molecule has 1 aliphatic carbocycles. The van der Waals surface area contributed by atoms with Crippen molar-refractivity contribution in [2.75, 3.05) is 4.90 Å². The largest absolute Gasteiger partial charge is 0.354 e. The summed E-state index contributed by atoms with van der Waals surface area (Å²) in [5.74, 6) is 0. The second-order valence-electron chi connectivity index (χ2n) is 16.9. The van der Waals surface area contributed by atoms with Gasteiger partial charge in [0.1, 0.15) is 0 Å². The number of aromatic amines is 1. The maximum absolute atomic E-state index is 3.66. The fourth-order valence-electron chi connectivity index (χ4n) is 10.7. The summed E-state index contributed by atoms with van der Waals surface area (Å²) in [5.41, 5.74) is 17.7. The van der Waals surface area contributed by atoms with E-state index in [1.165, 1.54) is 97.6 Å². The Balaban J connectivity index is 0.984. The Bertz CT molecular complexity index is 3660. The first-order chi connectivity index (χ1) is 31.7. The third kappa shape index (κ3) is 5.51. The van der Waals surface area contributed by atoms with Crippen LogP contribution in [0.25, 0.3) is 75.4 Å². The van der Waals surface area contributed by atoms with Gasteiger partial charge in [-0.2, -0.15) is 0 Å². The van der Waals surface area contributed by atoms with Crippen LogP contribution < -0.4 is 4.90 Å². The minimum Gasteiger partial charge on any atom is -0.354 e. The molecule has 13 rings (SSSR count). The van der Waals surface area contributed by atoms with Crippen LogP contribution in [-0.4, -0.2) is 4.98 Å². The van der Waals surface area contributed by atoms with E-state index in [-0.39, 0.29) is 0 Å². The van der Waals surface area contributed by atoms with E-state index in [2.05, 4.69) is 246 Å². The molecule has 0 amide bonds. The van der Waals surface area contributed by atoms with Crippen LogP contribution in [0, 0.1) is 0 Å². The molecule has 0 atom stereocenters. The van der Waals surface area contributed by atoms with Gasteiger partial charge in [-0.25, -0.2) is 0 Å². The molecule has 0 saturated carbocycles. The molecule has 0 bridgehead atoms. The Hall–Kier alpha value is -7.98. The van der Waals surface area contributed by atoms with Gasteiger partial charge < -0.3 is 9.88 Å². The standard InChI is InChI=1S/C61H40N2S/c1-4-15-40(16-5-1)41-27-31-45(32-28-41)63(47-35-36-50-49-21-10-12-25-54(49)61(55(50)39-47,43-17-6-2-7-18-43)44-19-8-3-9-20-44)46-33-29-42(30-34-46)48-23-14-24-51-52-37-38-57-58(60(52)64-59(48)51)53-22-11-13-26-56(53)62-57/h1-39,62H. The number of fused-ring (bicyclic) bond motifs is 10. The molecular formula is C61H40N2S. The van der Waals surface area contributed by atoms with Crippen molar-refractivity contribution in [2.45, 2.75) is 5.41 Å². The van der Waals surface area contributed by atoms with E-state index in [4.69, 9.17) is 0 Å². The molecule has 2 heterocycles. The fourth-order valence-corrected chi connectivity index (χ4v) is 12.1. The molecule has 0 radical (unpaired) electrons. The van der Waals surface area contributed by atoms with Crippen LogP contribution >= 0.6 is 11.3 Å². The summed E-state index contributed by atoms with van der Waals surface area (Å²) in [7, 11) is 0. The fraction of sp³-hybridized carbons (Fsp3) is 0.0164. The van der Waals surface area contributed by atoms with Gasteiger partial charge in [-0.3, -0.25) is 0 Å². The van der Waals surface area contributed by atoms with Crippen molar-refractivity contribution in [2.24, 2.45) is 0 Å². The quantitative estimate of drug-likeness (QED) is 0.169. The number of thiophene rings is 1. The summed E-state index contributed by atoms with van der Waals surface area (Å²) in [6.07, 6.45) is 0. The van der Waals surface area contributed by atoms with Gasteiger partial charge in [-0.05, 0) is 104 Å². The summed E-state index contributed by atoms with van der Waals surface area (Å²) in [5, 5.41) is 5.19.